The lowest BCUT2D eigenvalue weighted by Crippen LogP contribution is -2.23. The van der Waals surface area contributed by atoms with Crippen LogP contribution in [0.2, 0.25) is 0 Å². The van der Waals surface area contributed by atoms with E-state index in [1.54, 1.807) is 11.3 Å². The molecule has 13 heavy (non-hydrogen) atoms. The van der Waals surface area contributed by atoms with Crippen LogP contribution in [0, 0.1) is 0 Å². The van der Waals surface area contributed by atoms with E-state index in [4.69, 9.17) is 17.2 Å². The molecule has 6 N–H and O–H groups in total. The van der Waals surface area contributed by atoms with Crippen LogP contribution in [0.25, 0.3) is 0 Å². The van der Waals surface area contributed by atoms with Crippen molar-refractivity contribution < 1.29 is 0 Å². The minimum absolute atomic E-state index is 0.0417. The Morgan fingerprint density at radius 2 is 2.15 bits per heavy atom. The highest BCUT2D eigenvalue weighted by atomic mass is 32.1. The van der Waals surface area contributed by atoms with Gasteiger partial charge >= 0.3 is 0 Å². The first-order valence-corrected chi connectivity index (χ1v) is 5.30. The molecule has 1 aromatic rings. The summed E-state index contributed by atoms with van der Waals surface area (Å²) in [5.41, 5.74) is 18.3. The Balaban J connectivity index is 2.76. The van der Waals surface area contributed by atoms with E-state index in [0.717, 1.165) is 12.0 Å². The highest BCUT2D eigenvalue weighted by Crippen LogP contribution is 2.22. The molecule has 4 heteroatoms. The molecule has 0 fully saturated rings. The summed E-state index contributed by atoms with van der Waals surface area (Å²) >= 11 is 1.71. The monoisotopic (exact) mass is 199 g/mol. The molecule has 1 aromatic heterocycles. The largest absolute Gasteiger partial charge is 0.329 e. The van der Waals surface area contributed by atoms with Gasteiger partial charge in [-0.3, -0.25) is 0 Å². The first-order valence-electron chi connectivity index (χ1n) is 4.42. The van der Waals surface area contributed by atoms with Gasteiger partial charge in [0, 0.05) is 23.5 Å². The Hall–Kier alpha value is -0.420. The molecular formula is C9H17N3S. The van der Waals surface area contributed by atoms with Crippen molar-refractivity contribution in [2.75, 3.05) is 6.54 Å². The van der Waals surface area contributed by atoms with Gasteiger partial charge in [-0.15, -0.1) is 11.3 Å². The molecule has 3 nitrogen and oxygen atoms in total. The lowest BCUT2D eigenvalue weighted by Gasteiger charge is -2.11. The van der Waals surface area contributed by atoms with Gasteiger partial charge < -0.3 is 17.2 Å². The standard InChI is InChI=1S/C9H17N3S/c1-6(11)4-9-7(2-3-13-9)8(12)5-10/h2-3,6,8H,4-5,10-12H2,1H3. The minimum atomic E-state index is -0.0417. The van der Waals surface area contributed by atoms with Gasteiger partial charge in [-0.1, -0.05) is 0 Å². The molecule has 0 aliphatic rings. The van der Waals surface area contributed by atoms with E-state index in [9.17, 15) is 0 Å². The first kappa shape index (κ1) is 10.7. The van der Waals surface area contributed by atoms with Crippen molar-refractivity contribution >= 4 is 11.3 Å². The van der Waals surface area contributed by atoms with Crippen LogP contribution in [0.5, 0.6) is 0 Å². The van der Waals surface area contributed by atoms with Crippen molar-refractivity contribution in [1.82, 2.24) is 0 Å². The Kier molecular flexibility index (Phi) is 3.87. The van der Waals surface area contributed by atoms with E-state index in [1.165, 1.54) is 4.88 Å². The summed E-state index contributed by atoms with van der Waals surface area (Å²) in [4.78, 5) is 1.27. The fraction of sp³-hybridized carbons (Fsp3) is 0.556. The maximum absolute atomic E-state index is 5.86. The van der Waals surface area contributed by atoms with Gasteiger partial charge in [0.2, 0.25) is 0 Å². The average molecular weight is 199 g/mol. The smallest absolute Gasteiger partial charge is 0.0430 e. The number of nitrogens with two attached hydrogens (primary N) is 3. The van der Waals surface area contributed by atoms with Gasteiger partial charge in [-0.25, -0.2) is 0 Å². The molecule has 0 spiro atoms. The van der Waals surface area contributed by atoms with Crippen LogP contribution in [0.3, 0.4) is 0 Å². The molecule has 0 amide bonds. The summed E-state index contributed by atoms with van der Waals surface area (Å²) in [5, 5.41) is 2.04. The second kappa shape index (κ2) is 4.72. The van der Waals surface area contributed by atoms with E-state index >= 15 is 0 Å². The van der Waals surface area contributed by atoms with Gasteiger partial charge in [0.05, 0.1) is 0 Å². The van der Waals surface area contributed by atoms with Gasteiger partial charge in [0.15, 0.2) is 0 Å². The van der Waals surface area contributed by atoms with E-state index in [0.29, 0.717) is 6.54 Å². The van der Waals surface area contributed by atoms with E-state index in [-0.39, 0.29) is 12.1 Å². The van der Waals surface area contributed by atoms with Crippen LogP contribution in [0.1, 0.15) is 23.4 Å². The Bertz CT molecular complexity index is 257. The van der Waals surface area contributed by atoms with Crippen molar-refractivity contribution in [3.8, 4) is 0 Å². The summed E-state index contributed by atoms with van der Waals surface area (Å²) < 4.78 is 0. The zero-order valence-corrected chi connectivity index (χ0v) is 8.68. The van der Waals surface area contributed by atoms with Crippen molar-refractivity contribution in [2.24, 2.45) is 17.2 Å². The van der Waals surface area contributed by atoms with Crippen LogP contribution < -0.4 is 17.2 Å². The normalized spacial score (nSPS) is 15.7. The van der Waals surface area contributed by atoms with E-state index in [2.05, 4.69) is 0 Å². The molecule has 0 aliphatic carbocycles. The third-order valence-electron chi connectivity index (χ3n) is 1.94. The van der Waals surface area contributed by atoms with Crippen LogP contribution >= 0.6 is 11.3 Å². The second-order valence-corrected chi connectivity index (χ2v) is 4.32. The number of thiophene rings is 1. The number of hydrogen-bond acceptors (Lipinski definition) is 4. The summed E-state index contributed by atoms with van der Waals surface area (Å²) in [5.74, 6) is 0. The zero-order valence-electron chi connectivity index (χ0n) is 7.86. The van der Waals surface area contributed by atoms with Crippen LogP contribution in [-0.2, 0) is 6.42 Å². The average Bonchev–Trinajstić information content (AvgIpc) is 2.50. The lowest BCUT2D eigenvalue weighted by molar-refractivity contribution is 0.702. The van der Waals surface area contributed by atoms with Gasteiger partial charge in [-0.2, -0.15) is 0 Å². The highest BCUT2D eigenvalue weighted by Gasteiger charge is 2.11. The fourth-order valence-corrected chi connectivity index (χ4v) is 2.36. The third kappa shape index (κ3) is 2.77. The molecule has 0 saturated heterocycles. The molecule has 2 atom stereocenters. The van der Waals surface area contributed by atoms with Crippen LogP contribution in [0.15, 0.2) is 11.4 Å². The SMILES string of the molecule is CC(N)Cc1sccc1C(N)CN. The van der Waals surface area contributed by atoms with Gasteiger partial charge in [0.25, 0.3) is 0 Å². The van der Waals surface area contributed by atoms with Crippen molar-refractivity contribution in [3.05, 3.63) is 21.9 Å². The predicted octanol–water partition coefficient (Wildman–Crippen LogP) is 0.596. The highest BCUT2D eigenvalue weighted by molar-refractivity contribution is 7.10. The molecule has 1 rings (SSSR count). The summed E-state index contributed by atoms with van der Waals surface area (Å²) in [7, 11) is 0. The van der Waals surface area contributed by atoms with Crippen molar-refractivity contribution in [2.45, 2.75) is 25.4 Å². The van der Waals surface area contributed by atoms with Gasteiger partial charge in [0.1, 0.15) is 0 Å². The summed E-state index contributed by atoms with van der Waals surface area (Å²) in [6.07, 6.45) is 0.890. The zero-order chi connectivity index (χ0) is 9.84. The number of hydrogen-bond donors (Lipinski definition) is 3. The molecule has 2 unspecified atom stereocenters. The quantitative estimate of drug-likeness (QED) is 0.664. The molecule has 1 heterocycles. The minimum Gasteiger partial charge on any atom is -0.329 e. The molecular weight excluding hydrogens is 182 g/mol. The summed E-state index contributed by atoms with van der Waals surface area (Å²) in [6, 6.07) is 2.18. The first-order chi connectivity index (χ1) is 6.15. The molecule has 0 saturated carbocycles. The molecule has 0 aromatic carbocycles. The topological polar surface area (TPSA) is 78.1 Å². The maximum atomic E-state index is 5.86. The molecule has 0 bridgehead atoms. The van der Waals surface area contributed by atoms with Crippen molar-refractivity contribution in [1.29, 1.82) is 0 Å². The van der Waals surface area contributed by atoms with Crippen molar-refractivity contribution in [3.63, 3.8) is 0 Å². The van der Waals surface area contributed by atoms with Crippen LogP contribution in [-0.4, -0.2) is 12.6 Å². The second-order valence-electron chi connectivity index (χ2n) is 3.32. The van der Waals surface area contributed by atoms with Gasteiger partial charge in [-0.05, 0) is 30.4 Å². The Labute approximate surface area is 82.9 Å². The predicted molar refractivity (Wildman–Crippen MR) is 57.7 cm³/mol. The number of rotatable bonds is 4. The Morgan fingerprint density at radius 3 is 2.69 bits per heavy atom. The van der Waals surface area contributed by atoms with E-state index < -0.39 is 0 Å². The fourth-order valence-electron chi connectivity index (χ4n) is 1.27. The van der Waals surface area contributed by atoms with E-state index in [1.807, 2.05) is 18.4 Å². The van der Waals surface area contributed by atoms with Crippen LogP contribution in [0.4, 0.5) is 0 Å². The maximum Gasteiger partial charge on any atom is 0.0430 e. The lowest BCUT2D eigenvalue weighted by atomic mass is 10.1. The third-order valence-corrected chi connectivity index (χ3v) is 2.90. The molecule has 74 valence electrons. The summed E-state index contributed by atoms with van der Waals surface area (Å²) in [6.45, 7) is 2.49. The molecule has 0 radical (unpaired) electrons. The Morgan fingerprint density at radius 1 is 1.46 bits per heavy atom. The molecule has 0 aliphatic heterocycles.